The molecule has 1 aromatic rings. The minimum atomic E-state index is -3.48. The Bertz CT molecular complexity index is 446. The van der Waals surface area contributed by atoms with Crippen LogP contribution in [0.3, 0.4) is 0 Å². The number of sulfonamides is 1. The third kappa shape index (κ3) is 4.63. The summed E-state index contributed by atoms with van der Waals surface area (Å²) in [5.41, 5.74) is 0. The van der Waals surface area contributed by atoms with Gasteiger partial charge in [0.1, 0.15) is 4.90 Å². The molecule has 1 heterocycles. The first-order valence-electron chi connectivity index (χ1n) is 5.07. The molecule has 0 aromatic carbocycles. The number of ether oxygens (including phenoxy) is 1. The molecule has 0 aliphatic rings. The van der Waals surface area contributed by atoms with Gasteiger partial charge < -0.3 is 4.74 Å². The van der Waals surface area contributed by atoms with E-state index in [1.54, 1.807) is 14.2 Å². The van der Waals surface area contributed by atoms with Gasteiger partial charge in [0, 0.05) is 26.9 Å². The maximum Gasteiger partial charge on any atom is 0.243 e. The van der Waals surface area contributed by atoms with E-state index >= 15 is 0 Å². The largest absolute Gasteiger partial charge is 0.383 e. The van der Waals surface area contributed by atoms with Gasteiger partial charge in [-0.2, -0.15) is 5.10 Å². The van der Waals surface area contributed by atoms with Crippen molar-refractivity contribution in [1.82, 2.24) is 14.5 Å². The summed E-state index contributed by atoms with van der Waals surface area (Å²) >= 11 is 5.88. The molecule has 1 rings (SSSR count). The summed E-state index contributed by atoms with van der Waals surface area (Å²) < 4.78 is 32.2. The molecule has 8 heteroatoms. The predicted molar refractivity (Wildman–Crippen MR) is 64.5 cm³/mol. The molecule has 17 heavy (non-hydrogen) atoms. The molecule has 1 unspecified atom stereocenters. The minimum absolute atomic E-state index is 0.151. The first-order valence-corrected chi connectivity index (χ1v) is 6.99. The average Bonchev–Trinajstić information content (AvgIpc) is 2.65. The fourth-order valence-electron chi connectivity index (χ4n) is 1.23. The summed E-state index contributed by atoms with van der Waals surface area (Å²) in [4.78, 5) is 0.151. The molecule has 0 aliphatic carbocycles. The van der Waals surface area contributed by atoms with Gasteiger partial charge in [0.05, 0.1) is 18.2 Å². The van der Waals surface area contributed by atoms with Gasteiger partial charge in [0.25, 0.3) is 0 Å². The van der Waals surface area contributed by atoms with Gasteiger partial charge >= 0.3 is 0 Å². The van der Waals surface area contributed by atoms with E-state index in [-0.39, 0.29) is 16.8 Å². The second-order valence-corrected chi connectivity index (χ2v) is 5.97. The summed E-state index contributed by atoms with van der Waals surface area (Å²) in [7, 11) is -0.273. The van der Waals surface area contributed by atoms with Crippen LogP contribution < -0.4 is 4.72 Å². The van der Waals surface area contributed by atoms with Crippen LogP contribution in [0.1, 0.15) is 6.42 Å². The third-order valence-corrected chi connectivity index (χ3v) is 3.85. The number of rotatable bonds is 7. The maximum absolute atomic E-state index is 11.7. The van der Waals surface area contributed by atoms with Crippen molar-refractivity contribution in [2.75, 3.05) is 20.3 Å². The molecule has 0 radical (unpaired) electrons. The number of hydrogen-bond acceptors (Lipinski definition) is 4. The quantitative estimate of drug-likeness (QED) is 0.732. The topological polar surface area (TPSA) is 73.2 Å². The lowest BCUT2D eigenvalue weighted by molar-refractivity contribution is 0.196. The molecule has 0 fully saturated rings. The molecule has 1 atom stereocenters. The van der Waals surface area contributed by atoms with E-state index in [4.69, 9.17) is 16.3 Å². The molecule has 6 nitrogen and oxygen atoms in total. The summed E-state index contributed by atoms with van der Waals surface area (Å²) in [6.07, 6.45) is 3.25. The van der Waals surface area contributed by atoms with Crippen molar-refractivity contribution < 1.29 is 13.2 Å². The van der Waals surface area contributed by atoms with Crippen molar-refractivity contribution >= 4 is 21.6 Å². The fourth-order valence-corrected chi connectivity index (χ4v) is 2.50. The highest BCUT2D eigenvalue weighted by Gasteiger charge is 2.16. The molecule has 98 valence electrons. The van der Waals surface area contributed by atoms with Gasteiger partial charge in [0.2, 0.25) is 10.0 Å². The first kappa shape index (κ1) is 14.4. The number of methoxy groups -OCH3 is 1. The van der Waals surface area contributed by atoms with E-state index in [0.29, 0.717) is 13.0 Å². The Hall–Kier alpha value is -0.630. The van der Waals surface area contributed by atoms with Gasteiger partial charge in [-0.05, 0) is 6.42 Å². The van der Waals surface area contributed by atoms with Crippen molar-refractivity contribution in [3.8, 4) is 0 Å². The normalized spacial score (nSPS) is 13.8. The van der Waals surface area contributed by atoms with E-state index in [2.05, 4.69) is 9.82 Å². The van der Waals surface area contributed by atoms with Crippen molar-refractivity contribution in [3.63, 3.8) is 0 Å². The Morgan fingerprint density at radius 2 is 2.35 bits per heavy atom. The fraction of sp³-hybridized carbons (Fsp3) is 0.667. The van der Waals surface area contributed by atoms with Crippen LogP contribution in [-0.4, -0.2) is 43.8 Å². The number of alkyl halides is 1. The number of aromatic nitrogens is 2. The lowest BCUT2D eigenvalue weighted by Gasteiger charge is -2.08. The van der Waals surface area contributed by atoms with E-state index in [0.717, 1.165) is 0 Å². The van der Waals surface area contributed by atoms with Crippen LogP contribution in [0.4, 0.5) is 0 Å². The van der Waals surface area contributed by atoms with Crippen LogP contribution in [-0.2, 0) is 21.8 Å². The molecule has 0 saturated heterocycles. The molecule has 1 N–H and O–H groups in total. The Morgan fingerprint density at radius 3 is 2.88 bits per heavy atom. The van der Waals surface area contributed by atoms with E-state index < -0.39 is 10.0 Å². The van der Waals surface area contributed by atoms with Crippen LogP contribution in [0.15, 0.2) is 17.3 Å². The molecule has 0 aliphatic heterocycles. The van der Waals surface area contributed by atoms with Crippen molar-refractivity contribution in [2.24, 2.45) is 7.05 Å². The van der Waals surface area contributed by atoms with Crippen LogP contribution >= 0.6 is 11.6 Å². The second kappa shape index (κ2) is 6.34. The zero-order valence-electron chi connectivity index (χ0n) is 9.76. The van der Waals surface area contributed by atoms with Gasteiger partial charge in [-0.25, -0.2) is 13.1 Å². The summed E-state index contributed by atoms with van der Waals surface area (Å²) in [6, 6.07) is 0. The Kier molecular flexibility index (Phi) is 5.38. The average molecular weight is 282 g/mol. The Balaban J connectivity index is 2.46. The first-order chi connectivity index (χ1) is 7.95. The highest BCUT2D eigenvalue weighted by Crippen LogP contribution is 2.07. The molecule has 0 bridgehead atoms. The lowest BCUT2D eigenvalue weighted by Crippen LogP contribution is -2.27. The monoisotopic (exact) mass is 281 g/mol. The van der Waals surface area contributed by atoms with Crippen LogP contribution in [0.2, 0.25) is 0 Å². The van der Waals surface area contributed by atoms with Crippen molar-refractivity contribution in [1.29, 1.82) is 0 Å². The van der Waals surface area contributed by atoms with Gasteiger partial charge in [-0.3, -0.25) is 4.68 Å². The second-order valence-electron chi connectivity index (χ2n) is 3.59. The molecular weight excluding hydrogens is 266 g/mol. The van der Waals surface area contributed by atoms with Gasteiger partial charge in [-0.15, -0.1) is 11.6 Å². The van der Waals surface area contributed by atoms with Gasteiger partial charge in [-0.1, -0.05) is 0 Å². The SMILES string of the molecule is COCC(Cl)CCNS(=O)(=O)c1cnn(C)c1. The van der Waals surface area contributed by atoms with Crippen molar-refractivity contribution in [3.05, 3.63) is 12.4 Å². The number of nitrogens with one attached hydrogen (secondary N) is 1. The maximum atomic E-state index is 11.7. The molecular formula is C9H16ClN3O3S. The van der Waals surface area contributed by atoms with E-state index in [1.165, 1.54) is 17.1 Å². The van der Waals surface area contributed by atoms with E-state index in [9.17, 15) is 8.42 Å². The van der Waals surface area contributed by atoms with Gasteiger partial charge in [0.15, 0.2) is 0 Å². The van der Waals surface area contributed by atoms with Crippen molar-refractivity contribution in [2.45, 2.75) is 16.7 Å². The van der Waals surface area contributed by atoms with E-state index in [1.807, 2.05) is 0 Å². The van der Waals surface area contributed by atoms with Crippen LogP contribution in [0.25, 0.3) is 0 Å². The molecule has 0 amide bonds. The van der Waals surface area contributed by atoms with Crippen LogP contribution in [0, 0.1) is 0 Å². The summed E-state index contributed by atoms with van der Waals surface area (Å²) in [6.45, 7) is 0.672. The number of hydrogen-bond donors (Lipinski definition) is 1. The zero-order chi connectivity index (χ0) is 12.9. The number of aryl methyl sites for hydroxylation is 1. The summed E-state index contributed by atoms with van der Waals surface area (Å²) in [5, 5.41) is 3.61. The number of nitrogens with zero attached hydrogens (tertiary/aromatic N) is 2. The zero-order valence-corrected chi connectivity index (χ0v) is 11.3. The smallest absolute Gasteiger partial charge is 0.243 e. The lowest BCUT2D eigenvalue weighted by atomic mass is 10.3. The number of halogens is 1. The Labute approximate surface area is 106 Å². The highest BCUT2D eigenvalue weighted by atomic mass is 35.5. The standard InChI is InChI=1S/C9H16ClN3O3S/c1-13-6-9(5-11-13)17(14,15)12-4-3-8(10)7-16-2/h5-6,8,12H,3-4,7H2,1-2H3. The predicted octanol–water partition coefficient (Wildman–Crippen LogP) is 0.342. The summed E-state index contributed by atoms with van der Waals surface area (Å²) in [5.74, 6) is 0. The Morgan fingerprint density at radius 1 is 1.65 bits per heavy atom. The molecule has 1 aromatic heterocycles. The molecule has 0 spiro atoms. The van der Waals surface area contributed by atoms with Crippen LogP contribution in [0.5, 0.6) is 0 Å². The highest BCUT2D eigenvalue weighted by molar-refractivity contribution is 7.89. The third-order valence-electron chi connectivity index (χ3n) is 2.09. The molecule has 0 saturated carbocycles. The minimum Gasteiger partial charge on any atom is -0.383 e.